The van der Waals surface area contributed by atoms with Crippen LogP contribution in [0.2, 0.25) is 0 Å². The Labute approximate surface area is 131 Å². The molecule has 0 aliphatic rings. The lowest BCUT2D eigenvalue weighted by molar-refractivity contribution is -0.258. The van der Waals surface area contributed by atoms with Crippen LogP contribution >= 0.6 is 7.92 Å². The first kappa shape index (κ1) is 15.1. The monoisotopic (exact) mass is 328 g/mol. The fourth-order valence-corrected chi connectivity index (χ4v) is 4.08. The molecule has 0 bridgehead atoms. The van der Waals surface area contributed by atoms with E-state index in [0.717, 1.165) is 5.30 Å². The summed E-state index contributed by atoms with van der Waals surface area (Å²) in [4.78, 5) is 21.8. The number of rotatable bonds is 5. The molecular weight excluding hydrogens is 319 g/mol. The fraction of sp³-hybridized carbons (Fsp3) is 0. The molecule has 3 aromatic rings. The topological polar surface area (TPSA) is 107 Å². The average molecular weight is 328 g/mol. The third kappa shape index (κ3) is 3.03. The van der Waals surface area contributed by atoms with E-state index in [4.69, 9.17) is 8.83 Å². The zero-order valence-electron chi connectivity index (χ0n) is 11.6. The highest BCUT2D eigenvalue weighted by Crippen LogP contribution is 2.34. The van der Waals surface area contributed by atoms with Crippen LogP contribution < -0.4 is 26.5 Å². The van der Waals surface area contributed by atoms with Gasteiger partial charge >= 0.3 is 0 Å². The fourth-order valence-electron chi connectivity index (χ4n) is 2.06. The van der Waals surface area contributed by atoms with Crippen LogP contribution in [0, 0.1) is 0 Å². The summed E-state index contributed by atoms with van der Waals surface area (Å²) < 4.78 is 10.7. The minimum atomic E-state index is -1.42. The maximum Gasteiger partial charge on any atom is 0.150 e. The number of carboxylic acid groups (broad SMARTS) is 2. The van der Waals surface area contributed by atoms with Crippen molar-refractivity contribution in [1.29, 1.82) is 0 Å². The zero-order chi connectivity index (χ0) is 16.4. The minimum absolute atomic E-state index is 0.296. The van der Waals surface area contributed by atoms with E-state index in [0.29, 0.717) is 11.0 Å². The molecule has 0 spiro atoms. The molecule has 0 saturated carbocycles. The third-order valence-corrected chi connectivity index (χ3v) is 5.22. The molecule has 0 saturated heterocycles. The van der Waals surface area contributed by atoms with Gasteiger partial charge in [-0.2, -0.15) is 0 Å². The number of furan rings is 2. The highest BCUT2D eigenvalue weighted by atomic mass is 31.1. The Balaban J connectivity index is 2.09. The lowest BCUT2D eigenvalue weighted by atomic mass is 10.4. The van der Waals surface area contributed by atoms with E-state index in [1.165, 1.54) is 24.3 Å². The molecule has 0 radical (unpaired) electrons. The van der Waals surface area contributed by atoms with Crippen molar-refractivity contribution < 1.29 is 28.6 Å². The molecule has 2 heterocycles. The normalized spacial score (nSPS) is 10.8. The molecule has 1 aromatic carbocycles. The first-order valence-corrected chi connectivity index (χ1v) is 7.88. The molecule has 0 unspecified atom stereocenters. The van der Waals surface area contributed by atoms with Gasteiger partial charge in [0.15, 0.2) is 0 Å². The number of carboxylic acids is 2. The summed E-state index contributed by atoms with van der Waals surface area (Å²) in [5.41, 5.74) is 0.731. The summed E-state index contributed by atoms with van der Waals surface area (Å²) in [5, 5.41) is 22.6. The molecule has 0 amide bonds. The molecule has 0 fully saturated rings. The predicted octanol–water partition coefficient (Wildman–Crippen LogP) is -0.642. The second-order valence-electron chi connectivity index (χ2n) is 4.52. The molecule has 3 rings (SSSR count). The molecule has 0 atom stereocenters. The standard InChI is InChI=1S/C16H11O6P/c17-15(18)11-6-8-13(21-11)23(10-4-2-1-3-5-10)14-9-7-12(22-14)16(19)20/h1-9H,(H,17,18)(H,19,20)/p-2. The number of hydrogen-bond donors (Lipinski definition) is 0. The zero-order valence-corrected chi connectivity index (χ0v) is 12.5. The molecule has 2 aromatic heterocycles. The maximum atomic E-state index is 10.9. The van der Waals surface area contributed by atoms with Gasteiger partial charge in [0, 0.05) is 0 Å². The van der Waals surface area contributed by atoms with E-state index in [2.05, 4.69) is 0 Å². The van der Waals surface area contributed by atoms with Crippen LogP contribution in [0.15, 0.2) is 63.4 Å². The van der Waals surface area contributed by atoms with Crippen LogP contribution in [0.5, 0.6) is 0 Å². The Morgan fingerprint density at radius 3 is 1.61 bits per heavy atom. The number of carbonyl (C=O) groups excluding carboxylic acids is 2. The summed E-state index contributed by atoms with van der Waals surface area (Å²) in [6.45, 7) is 0. The predicted molar refractivity (Wildman–Crippen MR) is 78.3 cm³/mol. The van der Waals surface area contributed by atoms with Gasteiger partial charge in [0.25, 0.3) is 0 Å². The molecular formula is C16H9O6P-2. The molecule has 7 heteroatoms. The number of hydrogen-bond acceptors (Lipinski definition) is 6. The quantitative estimate of drug-likeness (QED) is 0.577. The van der Waals surface area contributed by atoms with Crippen LogP contribution in [0.4, 0.5) is 0 Å². The van der Waals surface area contributed by atoms with Gasteiger partial charge in [0.2, 0.25) is 0 Å². The van der Waals surface area contributed by atoms with Crippen molar-refractivity contribution in [2.45, 2.75) is 0 Å². The average Bonchev–Trinajstić information content (AvgIpc) is 3.19. The molecule has 0 N–H and O–H groups in total. The number of aromatic carboxylic acids is 2. The third-order valence-electron chi connectivity index (χ3n) is 3.04. The van der Waals surface area contributed by atoms with E-state index >= 15 is 0 Å². The van der Waals surface area contributed by atoms with E-state index in [1.54, 1.807) is 0 Å². The lowest BCUT2D eigenvalue weighted by Crippen LogP contribution is -2.23. The summed E-state index contributed by atoms with van der Waals surface area (Å²) in [5.74, 6) is -3.44. The summed E-state index contributed by atoms with van der Waals surface area (Å²) >= 11 is 0. The van der Waals surface area contributed by atoms with Gasteiger partial charge in [0.05, 0.1) is 7.92 Å². The SMILES string of the molecule is O=C([O-])c1ccc(P(c2ccccc2)c2ccc(C(=O)[O-])o2)o1. The molecule has 0 aliphatic carbocycles. The van der Waals surface area contributed by atoms with Crippen molar-refractivity contribution in [2.24, 2.45) is 0 Å². The molecule has 6 nitrogen and oxygen atoms in total. The van der Waals surface area contributed by atoms with Crippen LogP contribution in [-0.2, 0) is 0 Å². The molecule has 116 valence electrons. The van der Waals surface area contributed by atoms with Gasteiger partial charge in [-0.3, -0.25) is 0 Å². The summed E-state index contributed by atoms with van der Waals surface area (Å²) in [6, 6.07) is 14.8. The van der Waals surface area contributed by atoms with Gasteiger partial charge in [-0.05, 0) is 29.6 Å². The Kier molecular flexibility index (Phi) is 4.00. The van der Waals surface area contributed by atoms with E-state index in [-0.39, 0.29) is 11.5 Å². The van der Waals surface area contributed by atoms with Gasteiger partial charge in [-0.15, -0.1) is 0 Å². The van der Waals surface area contributed by atoms with Gasteiger partial charge < -0.3 is 28.6 Å². The highest BCUT2D eigenvalue weighted by Gasteiger charge is 2.24. The Morgan fingerprint density at radius 1 is 0.739 bits per heavy atom. The Morgan fingerprint density at radius 2 is 1.22 bits per heavy atom. The maximum absolute atomic E-state index is 10.9. The van der Waals surface area contributed by atoms with Crippen molar-refractivity contribution in [1.82, 2.24) is 0 Å². The first-order chi connectivity index (χ1) is 11.1. The minimum Gasteiger partial charge on any atom is -0.542 e. The van der Waals surface area contributed by atoms with Gasteiger partial charge in [0.1, 0.15) is 34.5 Å². The van der Waals surface area contributed by atoms with Crippen molar-refractivity contribution in [3.63, 3.8) is 0 Å². The van der Waals surface area contributed by atoms with Crippen molar-refractivity contribution in [2.75, 3.05) is 0 Å². The van der Waals surface area contributed by atoms with Crippen LogP contribution in [-0.4, -0.2) is 11.9 Å². The Bertz CT molecular complexity index is 796. The van der Waals surface area contributed by atoms with E-state index < -0.39 is 19.9 Å². The second kappa shape index (κ2) is 6.10. The van der Waals surface area contributed by atoms with Gasteiger partial charge in [-0.25, -0.2) is 0 Å². The molecule has 0 aliphatic heterocycles. The van der Waals surface area contributed by atoms with Crippen LogP contribution in [0.1, 0.15) is 21.1 Å². The van der Waals surface area contributed by atoms with Gasteiger partial charge in [-0.1, -0.05) is 30.3 Å². The first-order valence-electron chi connectivity index (χ1n) is 6.54. The lowest BCUT2D eigenvalue weighted by Gasteiger charge is -2.13. The summed E-state index contributed by atoms with van der Waals surface area (Å²) in [7, 11) is -1.37. The van der Waals surface area contributed by atoms with Crippen molar-refractivity contribution in [3.8, 4) is 0 Å². The van der Waals surface area contributed by atoms with Crippen molar-refractivity contribution in [3.05, 3.63) is 66.1 Å². The second-order valence-corrected chi connectivity index (χ2v) is 6.59. The largest absolute Gasteiger partial charge is 0.542 e. The molecule has 23 heavy (non-hydrogen) atoms. The highest BCUT2D eigenvalue weighted by molar-refractivity contribution is 7.79. The Hall–Kier alpha value is -2.85. The number of carbonyl (C=O) groups is 2. The smallest absolute Gasteiger partial charge is 0.150 e. The van der Waals surface area contributed by atoms with Crippen molar-refractivity contribution >= 4 is 36.2 Å². The van der Waals surface area contributed by atoms with E-state index in [1.807, 2.05) is 30.3 Å². The summed E-state index contributed by atoms with van der Waals surface area (Å²) in [6.07, 6.45) is 0. The number of benzene rings is 1. The van der Waals surface area contributed by atoms with Crippen LogP contribution in [0.3, 0.4) is 0 Å². The van der Waals surface area contributed by atoms with Crippen LogP contribution in [0.25, 0.3) is 0 Å². The van der Waals surface area contributed by atoms with E-state index in [9.17, 15) is 19.8 Å².